The average Bonchev–Trinajstić information content (AvgIpc) is 2.02. The normalized spacial score (nSPS) is 14.1. The van der Waals surface area contributed by atoms with Crippen molar-refractivity contribution in [3.05, 3.63) is 0 Å². The Morgan fingerprint density at radius 1 is 1.50 bits per heavy atom. The maximum Gasteiger partial charge on any atom is 0.315 e. The lowest BCUT2D eigenvalue weighted by Crippen LogP contribution is -2.38. The summed E-state index contributed by atoms with van der Waals surface area (Å²) in [6.07, 6.45) is 4.98. The van der Waals surface area contributed by atoms with E-state index >= 15 is 0 Å². The van der Waals surface area contributed by atoms with Gasteiger partial charge in [-0.25, -0.2) is 0 Å². The Morgan fingerprint density at radius 2 is 2.00 bits per heavy atom. The molecule has 2 unspecified atom stereocenters. The van der Waals surface area contributed by atoms with E-state index in [9.17, 15) is 9.59 Å². The number of carbonyl (C=O) groups is 2. The van der Waals surface area contributed by atoms with Gasteiger partial charge in [0.05, 0.1) is 6.04 Å². The molecule has 0 aromatic rings. The molecule has 0 aliphatic heterocycles. The number of hydrogen-bond acceptors (Lipinski definition) is 2. The van der Waals surface area contributed by atoms with E-state index in [0.717, 1.165) is 0 Å². The van der Waals surface area contributed by atoms with Gasteiger partial charge in [0.2, 0.25) is 5.91 Å². The molecule has 0 radical (unpaired) electrons. The molecule has 4 heteroatoms. The lowest BCUT2D eigenvalue weighted by atomic mass is 10.1. The van der Waals surface area contributed by atoms with E-state index in [2.05, 4.69) is 11.2 Å². The fourth-order valence-corrected chi connectivity index (χ4v) is 0.492. The standard InChI is InChI=1S/C8H11NO3/c1-4-5(2)9-7(10)6(3)8(11)12/h1,5-6H,2-3H3,(H,9,10)(H,11,12). The predicted molar refractivity (Wildman–Crippen MR) is 43.2 cm³/mol. The number of terminal acetylenes is 1. The summed E-state index contributed by atoms with van der Waals surface area (Å²) in [6.45, 7) is 2.91. The summed E-state index contributed by atoms with van der Waals surface area (Å²) in [4.78, 5) is 21.3. The summed E-state index contributed by atoms with van der Waals surface area (Å²) in [7, 11) is 0. The Bertz CT molecular complexity index is 229. The van der Waals surface area contributed by atoms with Crippen molar-refractivity contribution in [1.82, 2.24) is 5.32 Å². The van der Waals surface area contributed by atoms with Gasteiger partial charge in [0.15, 0.2) is 0 Å². The third-order valence-corrected chi connectivity index (χ3v) is 1.37. The Kier molecular flexibility index (Phi) is 3.84. The zero-order valence-electron chi connectivity index (χ0n) is 7.00. The van der Waals surface area contributed by atoms with Crippen molar-refractivity contribution < 1.29 is 14.7 Å². The van der Waals surface area contributed by atoms with Crippen LogP contribution in [-0.2, 0) is 9.59 Å². The van der Waals surface area contributed by atoms with Crippen molar-refractivity contribution in [3.63, 3.8) is 0 Å². The number of rotatable bonds is 3. The van der Waals surface area contributed by atoms with Gasteiger partial charge in [0.1, 0.15) is 5.92 Å². The first-order chi connectivity index (χ1) is 5.49. The van der Waals surface area contributed by atoms with Crippen LogP contribution in [0.1, 0.15) is 13.8 Å². The van der Waals surface area contributed by atoms with Crippen LogP contribution in [0.25, 0.3) is 0 Å². The van der Waals surface area contributed by atoms with Crippen LogP contribution in [0.15, 0.2) is 0 Å². The van der Waals surface area contributed by atoms with Crippen LogP contribution >= 0.6 is 0 Å². The Hall–Kier alpha value is -1.50. The highest BCUT2D eigenvalue weighted by Gasteiger charge is 2.20. The first kappa shape index (κ1) is 10.5. The molecule has 0 saturated carbocycles. The third kappa shape index (κ3) is 3.06. The summed E-state index contributed by atoms with van der Waals surface area (Å²) < 4.78 is 0. The summed E-state index contributed by atoms with van der Waals surface area (Å²) in [5, 5.41) is 10.8. The fourth-order valence-electron chi connectivity index (χ4n) is 0.492. The van der Waals surface area contributed by atoms with Crippen molar-refractivity contribution in [2.24, 2.45) is 5.92 Å². The van der Waals surface area contributed by atoms with E-state index in [-0.39, 0.29) is 0 Å². The predicted octanol–water partition coefficient (Wildman–Crippen LogP) is -0.155. The molecule has 0 spiro atoms. The highest BCUT2D eigenvalue weighted by Crippen LogP contribution is 1.94. The maximum atomic E-state index is 11.0. The quantitative estimate of drug-likeness (QED) is 0.456. The number of nitrogens with one attached hydrogen (secondary N) is 1. The number of carbonyl (C=O) groups excluding carboxylic acids is 1. The van der Waals surface area contributed by atoms with E-state index in [0.29, 0.717) is 0 Å². The highest BCUT2D eigenvalue weighted by molar-refractivity contribution is 5.96. The van der Waals surface area contributed by atoms with Crippen molar-refractivity contribution in [2.75, 3.05) is 0 Å². The molecule has 0 rings (SSSR count). The van der Waals surface area contributed by atoms with E-state index < -0.39 is 23.8 Å². The summed E-state index contributed by atoms with van der Waals surface area (Å²) in [5.74, 6) is -0.508. The number of hydrogen-bond donors (Lipinski definition) is 2. The minimum absolute atomic E-state index is 0.431. The highest BCUT2D eigenvalue weighted by atomic mass is 16.4. The van der Waals surface area contributed by atoms with Gasteiger partial charge in [-0.15, -0.1) is 6.42 Å². The average molecular weight is 169 g/mol. The van der Waals surface area contributed by atoms with E-state index in [1.807, 2.05) is 0 Å². The summed E-state index contributed by atoms with van der Waals surface area (Å²) >= 11 is 0. The molecule has 0 fully saturated rings. The second-order valence-electron chi connectivity index (χ2n) is 2.46. The number of carboxylic acids is 1. The van der Waals surface area contributed by atoms with Gasteiger partial charge in [-0.3, -0.25) is 9.59 Å². The summed E-state index contributed by atoms with van der Waals surface area (Å²) in [5.41, 5.74) is 0. The zero-order valence-corrected chi connectivity index (χ0v) is 7.00. The minimum atomic E-state index is -1.16. The molecule has 0 saturated heterocycles. The minimum Gasteiger partial charge on any atom is -0.481 e. The molecule has 2 atom stereocenters. The molecule has 0 aliphatic rings. The van der Waals surface area contributed by atoms with Crippen molar-refractivity contribution in [2.45, 2.75) is 19.9 Å². The number of aliphatic carboxylic acids is 1. The summed E-state index contributed by atoms with van der Waals surface area (Å²) in [6, 6.07) is -0.431. The number of carboxylic acid groups (broad SMARTS) is 1. The molecule has 12 heavy (non-hydrogen) atoms. The van der Waals surface area contributed by atoms with E-state index in [1.54, 1.807) is 6.92 Å². The lowest BCUT2D eigenvalue weighted by Gasteiger charge is -2.09. The largest absolute Gasteiger partial charge is 0.481 e. The third-order valence-electron chi connectivity index (χ3n) is 1.37. The lowest BCUT2D eigenvalue weighted by molar-refractivity contribution is -0.146. The SMILES string of the molecule is C#CC(C)NC(=O)C(C)C(=O)O. The molecule has 0 aliphatic carbocycles. The molecule has 0 heterocycles. The van der Waals surface area contributed by atoms with Crippen LogP contribution in [0.4, 0.5) is 0 Å². The molecule has 2 N–H and O–H groups in total. The van der Waals surface area contributed by atoms with Crippen LogP contribution < -0.4 is 5.32 Å². The molecular weight excluding hydrogens is 158 g/mol. The fraction of sp³-hybridized carbons (Fsp3) is 0.500. The second kappa shape index (κ2) is 4.39. The van der Waals surface area contributed by atoms with Crippen LogP contribution in [0.2, 0.25) is 0 Å². The van der Waals surface area contributed by atoms with Gasteiger partial charge in [-0.05, 0) is 13.8 Å². The van der Waals surface area contributed by atoms with Gasteiger partial charge >= 0.3 is 5.97 Å². The zero-order chi connectivity index (χ0) is 9.72. The van der Waals surface area contributed by atoms with Gasteiger partial charge in [0, 0.05) is 0 Å². The van der Waals surface area contributed by atoms with Crippen molar-refractivity contribution in [3.8, 4) is 12.3 Å². The molecule has 4 nitrogen and oxygen atoms in total. The van der Waals surface area contributed by atoms with Crippen molar-refractivity contribution in [1.29, 1.82) is 0 Å². The van der Waals surface area contributed by atoms with E-state index in [1.165, 1.54) is 6.92 Å². The first-order valence-corrected chi connectivity index (χ1v) is 3.48. The van der Waals surface area contributed by atoms with Gasteiger partial charge in [-0.1, -0.05) is 5.92 Å². The molecular formula is C8H11NO3. The number of amides is 1. The van der Waals surface area contributed by atoms with Gasteiger partial charge in [0.25, 0.3) is 0 Å². The molecule has 0 aromatic heterocycles. The molecule has 0 bridgehead atoms. The van der Waals surface area contributed by atoms with Crippen LogP contribution in [0.5, 0.6) is 0 Å². The van der Waals surface area contributed by atoms with Crippen molar-refractivity contribution >= 4 is 11.9 Å². The van der Waals surface area contributed by atoms with Crippen LogP contribution in [0, 0.1) is 18.3 Å². The Morgan fingerprint density at radius 3 is 2.33 bits per heavy atom. The van der Waals surface area contributed by atoms with Gasteiger partial charge < -0.3 is 10.4 Å². The molecule has 66 valence electrons. The van der Waals surface area contributed by atoms with E-state index in [4.69, 9.17) is 11.5 Å². The first-order valence-electron chi connectivity index (χ1n) is 3.48. The molecule has 0 aromatic carbocycles. The Balaban J connectivity index is 4.06. The molecule has 1 amide bonds. The second-order valence-corrected chi connectivity index (χ2v) is 2.46. The maximum absolute atomic E-state index is 11.0. The monoisotopic (exact) mass is 169 g/mol. The Labute approximate surface area is 71.0 Å². The smallest absolute Gasteiger partial charge is 0.315 e. The van der Waals surface area contributed by atoms with Gasteiger partial charge in [-0.2, -0.15) is 0 Å². The van der Waals surface area contributed by atoms with Crippen LogP contribution in [0.3, 0.4) is 0 Å². The topological polar surface area (TPSA) is 66.4 Å². The van der Waals surface area contributed by atoms with Crippen LogP contribution in [-0.4, -0.2) is 23.0 Å².